The van der Waals surface area contributed by atoms with Crippen molar-refractivity contribution in [3.8, 4) is 0 Å². The number of nitrogens with zero attached hydrogens (tertiary/aromatic N) is 1. The van der Waals surface area contributed by atoms with E-state index in [4.69, 9.17) is 0 Å². The predicted octanol–water partition coefficient (Wildman–Crippen LogP) is 2.20. The minimum absolute atomic E-state index is 0.0000365. The van der Waals surface area contributed by atoms with Gasteiger partial charge in [0, 0.05) is 30.3 Å². The molecule has 2 N–H and O–H groups in total. The van der Waals surface area contributed by atoms with Gasteiger partial charge in [0.2, 0.25) is 5.91 Å². The molecule has 7 heteroatoms. The number of amides is 4. The van der Waals surface area contributed by atoms with Crippen LogP contribution in [0.4, 0.5) is 5.69 Å². The van der Waals surface area contributed by atoms with Crippen LogP contribution in [0.2, 0.25) is 0 Å². The third kappa shape index (κ3) is 3.64. The van der Waals surface area contributed by atoms with E-state index in [2.05, 4.69) is 10.6 Å². The number of fused-ring (bicyclic) bond motifs is 1. The summed E-state index contributed by atoms with van der Waals surface area (Å²) in [7, 11) is 0. The van der Waals surface area contributed by atoms with Crippen molar-refractivity contribution in [3.63, 3.8) is 0 Å². The first-order chi connectivity index (χ1) is 13.5. The van der Waals surface area contributed by atoms with Gasteiger partial charge in [-0.1, -0.05) is 18.2 Å². The van der Waals surface area contributed by atoms with Gasteiger partial charge in [0.1, 0.15) is 0 Å². The first kappa shape index (κ1) is 17.9. The maximum Gasteiger partial charge on any atom is 0.261 e. The minimum Gasteiger partial charge on any atom is -0.349 e. The Morgan fingerprint density at radius 2 is 1.64 bits per heavy atom. The highest BCUT2D eigenvalue weighted by atomic mass is 16.2. The Hall–Kier alpha value is -3.48. The summed E-state index contributed by atoms with van der Waals surface area (Å²) >= 11 is 0. The van der Waals surface area contributed by atoms with Crippen molar-refractivity contribution in [2.24, 2.45) is 0 Å². The molecule has 0 bridgehead atoms. The van der Waals surface area contributed by atoms with E-state index >= 15 is 0 Å². The summed E-state index contributed by atoms with van der Waals surface area (Å²) in [5, 5.41) is 5.61. The van der Waals surface area contributed by atoms with Gasteiger partial charge >= 0.3 is 0 Å². The number of nitrogens with one attached hydrogen (secondary N) is 2. The van der Waals surface area contributed by atoms with E-state index in [1.165, 1.54) is 0 Å². The normalized spacial score (nSPS) is 15.4. The van der Waals surface area contributed by atoms with Gasteiger partial charge in [-0.05, 0) is 43.2 Å². The Balaban J connectivity index is 1.34. The lowest BCUT2D eigenvalue weighted by Gasteiger charge is -2.13. The van der Waals surface area contributed by atoms with Crippen molar-refractivity contribution >= 4 is 29.3 Å². The van der Waals surface area contributed by atoms with Crippen LogP contribution in [-0.4, -0.2) is 41.1 Å². The van der Waals surface area contributed by atoms with Crippen molar-refractivity contribution in [1.82, 2.24) is 10.2 Å². The Bertz CT molecular complexity index is 946. The van der Waals surface area contributed by atoms with E-state index in [1.807, 2.05) is 0 Å². The SMILES string of the molecule is O=C(CCN1C(=O)c2ccccc2C1=O)Nc1cccc(C(=O)NC2CC2)c1. The van der Waals surface area contributed by atoms with Crippen LogP contribution >= 0.6 is 0 Å². The standard InChI is InChI=1S/C21H19N3O4/c25-18(10-11-24-20(27)16-6-1-2-7-17(16)21(24)28)22-15-5-3-4-13(12-15)19(26)23-14-8-9-14/h1-7,12,14H,8-11H2,(H,22,25)(H,23,26). The van der Waals surface area contributed by atoms with E-state index in [1.54, 1.807) is 48.5 Å². The Morgan fingerprint density at radius 1 is 0.964 bits per heavy atom. The summed E-state index contributed by atoms with van der Waals surface area (Å²) in [6, 6.07) is 13.5. The second-order valence-corrected chi connectivity index (χ2v) is 6.93. The number of hydrogen-bond acceptors (Lipinski definition) is 4. The lowest BCUT2D eigenvalue weighted by molar-refractivity contribution is -0.116. The van der Waals surface area contributed by atoms with Crippen molar-refractivity contribution in [2.75, 3.05) is 11.9 Å². The summed E-state index contributed by atoms with van der Waals surface area (Å²) in [5.74, 6) is -1.26. The molecule has 1 aliphatic carbocycles. The van der Waals surface area contributed by atoms with Crippen molar-refractivity contribution < 1.29 is 19.2 Å². The second kappa shape index (κ2) is 7.26. The summed E-state index contributed by atoms with van der Waals surface area (Å²) in [4.78, 5) is 50.1. The van der Waals surface area contributed by atoms with Gasteiger partial charge in [-0.15, -0.1) is 0 Å². The molecular formula is C21H19N3O4. The summed E-state index contributed by atoms with van der Waals surface area (Å²) in [5.41, 5.74) is 1.70. The molecule has 1 aliphatic heterocycles. The van der Waals surface area contributed by atoms with Gasteiger partial charge in [-0.2, -0.15) is 0 Å². The third-order valence-electron chi connectivity index (χ3n) is 4.76. The zero-order valence-electron chi connectivity index (χ0n) is 15.1. The minimum atomic E-state index is -0.382. The van der Waals surface area contributed by atoms with Crippen LogP contribution in [0.1, 0.15) is 50.3 Å². The number of carbonyl (C=O) groups is 4. The van der Waals surface area contributed by atoms with Crippen LogP contribution in [0.25, 0.3) is 0 Å². The summed E-state index contributed by atoms with van der Waals surface area (Å²) in [6.07, 6.45) is 1.98. The molecular weight excluding hydrogens is 358 g/mol. The molecule has 0 aromatic heterocycles. The monoisotopic (exact) mass is 377 g/mol. The van der Waals surface area contributed by atoms with Gasteiger partial charge in [-0.25, -0.2) is 0 Å². The molecule has 1 heterocycles. The zero-order chi connectivity index (χ0) is 19.7. The number of carbonyl (C=O) groups excluding carboxylic acids is 4. The molecule has 7 nitrogen and oxygen atoms in total. The maximum atomic E-state index is 12.3. The summed E-state index contributed by atoms with van der Waals surface area (Å²) < 4.78 is 0. The molecule has 2 aromatic carbocycles. The summed E-state index contributed by atoms with van der Waals surface area (Å²) in [6.45, 7) is 0.0000365. The lowest BCUT2D eigenvalue weighted by Crippen LogP contribution is -2.32. The number of anilines is 1. The van der Waals surface area contributed by atoms with E-state index in [0.717, 1.165) is 17.7 Å². The van der Waals surface area contributed by atoms with Crippen LogP contribution in [0, 0.1) is 0 Å². The number of imide groups is 1. The van der Waals surface area contributed by atoms with Gasteiger partial charge in [0.15, 0.2) is 0 Å². The van der Waals surface area contributed by atoms with Crippen LogP contribution in [0.3, 0.4) is 0 Å². The topological polar surface area (TPSA) is 95.6 Å². The fraction of sp³-hybridized carbons (Fsp3) is 0.238. The largest absolute Gasteiger partial charge is 0.349 e. The molecule has 28 heavy (non-hydrogen) atoms. The third-order valence-corrected chi connectivity index (χ3v) is 4.76. The Kier molecular flexibility index (Phi) is 4.65. The van der Waals surface area contributed by atoms with Crippen molar-refractivity contribution in [1.29, 1.82) is 0 Å². The molecule has 0 radical (unpaired) electrons. The molecule has 0 spiro atoms. The average Bonchev–Trinajstić information content (AvgIpc) is 3.48. The van der Waals surface area contributed by atoms with Crippen LogP contribution in [0.5, 0.6) is 0 Å². The number of hydrogen-bond donors (Lipinski definition) is 2. The molecule has 1 saturated carbocycles. The Morgan fingerprint density at radius 3 is 2.29 bits per heavy atom. The lowest BCUT2D eigenvalue weighted by atomic mass is 10.1. The van der Waals surface area contributed by atoms with E-state index in [-0.39, 0.29) is 42.6 Å². The highest BCUT2D eigenvalue weighted by molar-refractivity contribution is 6.21. The fourth-order valence-electron chi connectivity index (χ4n) is 3.11. The quantitative estimate of drug-likeness (QED) is 0.755. The van der Waals surface area contributed by atoms with E-state index in [9.17, 15) is 19.2 Å². The predicted molar refractivity (Wildman–Crippen MR) is 102 cm³/mol. The molecule has 4 rings (SSSR count). The molecule has 2 aromatic rings. The molecule has 0 atom stereocenters. The first-order valence-electron chi connectivity index (χ1n) is 9.19. The fourth-order valence-corrected chi connectivity index (χ4v) is 3.11. The van der Waals surface area contributed by atoms with Crippen molar-refractivity contribution in [3.05, 3.63) is 65.2 Å². The Labute approximate surface area is 161 Å². The van der Waals surface area contributed by atoms with Gasteiger partial charge in [-0.3, -0.25) is 24.1 Å². The van der Waals surface area contributed by atoms with Gasteiger partial charge in [0.05, 0.1) is 11.1 Å². The molecule has 1 fully saturated rings. The first-order valence-corrected chi connectivity index (χ1v) is 9.19. The van der Waals surface area contributed by atoms with Gasteiger partial charge < -0.3 is 10.6 Å². The highest BCUT2D eigenvalue weighted by Gasteiger charge is 2.35. The maximum absolute atomic E-state index is 12.3. The molecule has 4 amide bonds. The van der Waals surface area contributed by atoms with Crippen LogP contribution in [-0.2, 0) is 4.79 Å². The highest BCUT2D eigenvalue weighted by Crippen LogP contribution is 2.23. The van der Waals surface area contributed by atoms with E-state index < -0.39 is 0 Å². The van der Waals surface area contributed by atoms with Crippen molar-refractivity contribution in [2.45, 2.75) is 25.3 Å². The zero-order valence-corrected chi connectivity index (χ0v) is 15.1. The van der Waals surface area contributed by atoms with Gasteiger partial charge in [0.25, 0.3) is 17.7 Å². The molecule has 142 valence electrons. The number of rotatable bonds is 6. The molecule has 0 saturated heterocycles. The average molecular weight is 377 g/mol. The number of benzene rings is 2. The second-order valence-electron chi connectivity index (χ2n) is 6.93. The molecule has 0 unspecified atom stereocenters. The molecule has 2 aliphatic rings. The van der Waals surface area contributed by atoms with E-state index in [0.29, 0.717) is 22.4 Å². The smallest absolute Gasteiger partial charge is 0.261 e. The van der Waals surface area contributed by atoms with Crippen LogP contribution in [0.15, 0.2) is 48.5 Å². The van der Waals surface area contributed by atoms with Crippen LogP contribution < -0.4 is 10.6 Å².